The zero-order valence-corrected chi connectivity index (χ0v) is 19.1. The van der Waals surface area contributed by atoms with Gasteiger partial charge in [-0.05, 0) is 60.7 Å². The van der Waals surface area contributed by atoms with E-state index < -0.39 is 0 Å². The van der Waals surface area contributed by atoms with Gasteiger partial charge in [0.25, 0.3) is 0 Å². The normalized spacial score (nSPS) is 17.6. The van der Waals surface area contributed by atoms with E-state index in [4.69, 9.17) is 21.7 Å². The number of aromatic nitrogens is 3. The fourth-order valence-corrected chi connectivity index (χ4v) is 4.58. The molecular weight excluding hydrogens is 434 g/mol. The Morgan fingerprint density at radius 3 is 2.42 bits per heavy atom. The number of thiocarbonyl (C=S) groups is 1. The lowest BCUT2D eigenvalue weighted by Gasteiger charge is -2.29. The Labute approximate surface area is 197 Å². The minimum absolute atomic E-state index is 0.178. The Kier molecular flexibility index (Phi) is 5.66. The van der Waals surface area contributed by atoms with E-state index in [1.54, 1.807) is 26.6 Å². The standard InChI is InChI=1S/C25H23N5O2S/c1-31-17-11-12-19(21(16-17)32-2)30-24(23(28-25(30)33)18-8-3-5-13-26-18)20-9-7-15-29(20)22-10-4-6-14-27-22/h3-16,23-24H,1-2H3,(H,28,33). The summed E-state index contributed by atoms with van der Waals surface area (Å²) in [4.78, 5) is 11.3. The summed E-state index contributed by atoms with van der Waals surface area (Å²) in [5.41, 5.74) is 2.76. The Bertz CT molecular complexity index is 1260. The van der Waals surface area contributed by atoms with Gasteiger partial charge in [-0.15, -0.1) is 0 Å². The van der Waals surface area contributed by atoms with Crippen molar-refractivity contribution in [1.29, 1.82) is 0 Å². The van der Waals surface area contributed by atoms with E-state index in [1.807, 2.05) is 66.9 Å². The van der Waals surface area contributed by atoms with Crippen molar-refractivity contribution in [3.05, 3.63) is 96.7 Å². The maximum absolute atomic E-state index is 5.85. The third-order valence-corrected chi connectivity index (χ3v) is 6.04. The molecule has 1 N–H and O–H groups in total. The Morgan fingerprint density at radius 1 is 0.909 bits per heavy atom. The number of nitrogens with one attached hydrogen (secondary N) is 1. The van der Waals surface area contributed by atoms with Crippen LogP contribution in [0, 0.1) is 0 Å². The smallest absolute Gasteiger partial charge is 0.174 e. The predicted molar refractivity (Wildman–Crippen MR) is 131 cm³/mol. The summed E-state index contributed by atoms with van der Waals surface area (Å²) in [5.74, 6) is 2.21. The van der Waals surface area contributed by atoms with Crippen LogP contribution < -0.4 is 19.7 Å². The highest BCUT2D eigenvalue weighted by Gasteiger charge is 2.43. The summed E-state index contributed by atoms with van der Waals surface area (Å²) >= 11 is 5.85. The molecule has 0 saturated carbocycles. The third-order valence-electron chi connectivity index (χ3n) is 5.72. The van der Waals surface area contributed by atoms with E-state index in [1.165, 1.54) is 0 Å². The molecule has 2 atom stereocenters. The first-order valence-corrected chi connectivity index (χ1v) is 10.9. The molecule has 1 aromatic carbocycles. The van der Waals surface area contributed by atoms with Gasteiger partial charge >= 0.3 is 0 Å². The quantitative estimate of drug-likeness (QED) is 0.429. The van der Waals surface area contributed by atoms with Gasteiger partial charge in [0.2, 0.25) is 0 Å². The van der Waals surface area contributed by atoms with Crippen molar-refractivity contribution >= 4 is 23.0 Å². The van der Waals surface area contributed by atoms with Gasteiger partial charge in [-0.2, -0.15) is 0 Å². The Hall–Kier alpha value is -3.91. The molecule has 3 aromatic heterocycles. The van der Waals surface area contributed by atoms with E-state index in [-0.39, 0.29) is 12.1 Å². The van der Waals surface area contributed by atoms with Gasteiger partial charge in [-0.1, -0.05) is 12.1 Å². The van der Waals surface area contributed by atoms with Crippen LogP contribution in [0.5, 0.6) is 11.5 Å². The average Bonchev–Trinajstić information content (AvgIpc) is 3.49. The van der Waals surface area contributed by atoms with Gasteiger partial charge in [0.1, 0.15) is 23.4 Å². The highest BCUT2D eigenvalue weighted by Crippen LogP contribution is 2.45. The average molecular weight is 458 g/mol. The van der Waals surface area contributed by atoms with E-state index in [0.717, 1.165) is 22.9 Å². The molecule has 0 aliphatic carbocycles. The molecule has 1 aliphatic heterocycles. The summed E-state index contributed by atoms with van der Waals surface area (Å²) in [6.07, 6.45) is 5.60. The Morgan fingerprint density at radius 2 is 1.73 bits per heavy atom. The molecule has 4 aromatic rings. The number of hydrogen-bond acceptors (Lipinski definition) is 5. The van der Waals surface area contributed by atoms with Crippen LogP contribution in [0.3, 0.4) is 0 Å². The maximum Gasteiger partial charge on any atom is 0.174 e. The molecule has 1 aliphatic rings. The second-order valence-electron chi connectivity index (χ2n) is 7.53. The molecule has 2 unspecified atom stereocenters. The molecule has 4 heterocycles. The summed E-state index contributed by atoms with van der Waals surface area (Å²) in [6.45, 7) is 0. The van der Waals surface area contributed by atoms with Crippen LogP contribution in [-0.2, 0) is 0 Å². The van der Waals surface area contributed by atoms with E-state index in [9.17, 15) is 0 Å². The van der Waals surface area contributed by atoms with Crippen LogP contribution in [-0.4, -0.2) is 33.9 Å². The first kappa shape index (κ1) is 21.0. The molecule has 0 spiro atoms. The van der Waals surface area contributed by atoms with Gasteiger partial charge in [0.15, 0.2) is 5.11 Å². The van der Waals surface area contributed by atoms with E-state index in [0.29, 0.717) is 16.6 Å². The molecule has 7 nitrogen and oxygen atoms in total. The lowest BCUT2D eigenvalue weighted by molar-refractivity contribution is 0.394. The van der Waals surface area contributed by atoms with Gasteiger partial charge in [-0.3, -0.25) is 4.98 Å². The van der Waals surface area contributed by atoms with Crippen molar-refractivity contribution in [2.24, 2.45) is 0 Å². The first-order valence-electron chi connectivity index (χ1n) is 10.5. The van der Waals surface area contributed by atoms with Crippen LogP contribution in [0.2, 0.25) is 0 Å². The highest BCUT2D eigenvalue weighted by atomic mass is 32.1. The fraction of sp³-hybridized carbons (Fsp3) is 0.160. The molecule has 33 heavy (non-hydrogen) atoms. The van der Waals surface area contributed by atoms with Crippen LogP contribution in [0.25, 0.3) is 5.82 Å². The second kappa shape index (κ2) is 8.91. The largest absolute Gasteiger partial charge is 0.497 e. The number of methoxy groups -OCH3 is 2. The number of benzene rings is 1. The Balaban J connectivity index is 1.69. The van der Waals surface area contributed by atoms with Gasteiger partial charge in [0.05, 0.1) is 31.6 Å². The summed E-state index contributed by atoms with van der Waals surface area (Å²) in [6, 6.07) is 21.2. The van der Waals surface area contributed by atoms with Crippen molar-refractivity contribution < 1.29 is 9.47 Å². The number of pyridine rings is 2. The molecule has 166 valence electrons. The number of rotatable bonds is 6. The maximum atomic E-state index is 5.85. The number of hydrogen-bond donors (Lipinski definition) is 1. The predicted octanol–water partition coefficient (Wildman–Crippen LogP) is 4.46. The monoisotopic (exact) mass is 457 g/mol. The van der Waals surface area contributed by atoms with E-state index >= 15 is 0 Å². The zero-order chi connectivity index (χ0) is 22.8. The van der Waals surface area contributed by atoms with Gasteiger partial charge < -0.3 is 24.3 Å². The molecular formula is C25H23N5O2S. The van der Waals surface area contributed by atoms with E-state index in [2.05, 4.69) is 30.8 Å². The number of ether oxygens (including phenoxy) is 2. The molecule has 1 saturated heterocycles. The summed E-state index contributed by atoms with van der Waals surface area (Å²) < 4.78 is 13.2. The minimum atomic E-state index is -0.202. The topological polar surface area (TPSA) is 64.4 Å². The molecule has 5 rings (SSSR count). The highest BCUT2D eigenvalue weighted by molar-refractivity contribution is 7.80. The van der Waals surface area contributed by atoms with Crippen LogP contribution in [0.1, 0.15) is 23.5 Å². The molecule has 0 bridgehead atoms. The number of nitrogens with zero attached hydrogens (tertiary/aromatic N) is 4. The van der Waals surface area contributed by atoms with Crippen molar-refractivity contribution in [1.82, 2.24) is 19.9 Å². The van der Waals surface area contributed by atoms with Crippen LogP contribution >= 0.6 is 12.2 Å². The third kappa shape index (κ3) is 3.78. The number of anilines is 1. The van der Waals surface area contributed by atoms with Crippen molar-refractivity contribution in [2.45, 2.75) is 12.1 Å². The molecule has 0 amide bonds. The lowest BCUT2D eigenvalue weighted by Crippen LogP contribution is -2.30. The molecule has 8 heteroatoms. The zero-order valence-electron chi connectivity index (χ0n) is 18.3. The first-order chi connectivity index (χ1) is 16.2. The fourth-order valence-electron chi connectivity index (χ4n) is 4.24. The van der Waals surface area contributed by atoms with Crippen molar-refractivity contribution in [2.75, 3.05) is 19.1 Å². The summed E-state index contributed by atoms with van der Waals surface area (Å²) in [7, 11) is 3.28. The minimum Gasteiger partial charge on any atom is -0.497 e. The lowest BCUT2D eigenvalue weighted by atomic mass is 10.0. The van der Waals surface area contributed by atoms with Gasteiger partial charge in [0, 0.05) is 30.4 Å². The summed E-state index contributed by atoms with van der Waals surface area (Å²) in [5, 5.41) is 4.08. The molecule has 0 radical (unpaired) electrons. The SMILES string of the molecule is COc1ccc(N2C(=S)NC(c3ccccn3)C2c2cccn2-c2ccccn2)c(OC)c1. The molecule has 1 fully saturated rings. The van der Waals surface area contributed by atoms with Gasteiger partial charge in [-0.25, -0.2) is 4.98 Å². The van der Waals surface area contributed by atoms with Crippen LogP contribution in [0.4, 0.5) is 5.69 Å². The second-order valence-corrected chi connectivity index (χ2v) is 7.91. The van der Waals surface area contributed by atoms with Crippen LogP contribution in [0.15, 0.2) is 85.3 Å². The van der Waals surface area contributed by atoms with Crippen molar-refractivity contribution in [3.63, 3.8) is 0 Å². The van der Waals surface area contributed by atoms with Crippen molar-refractivity contribution in [3.8, 4) is 17.3 Å².